The summed E-state index contributed by atoms with van der Waals surface area (Å²) >= 11 is 0. The van der Waals surface area contributed by atoms with Crippen molar-refractivity contribution in [2.75, 3.05) is 39.4 Å². The molecule has 2 bridgehead atoms. The number of amides is 2. The van der Waals surface area contributed by atoms with E-state index in [-0.39, 0.29) is 71.6 Å². The van der Waals surface area contributed by atoms with Crippen LogP contribution in [0.4, 0.5) is 0 Å². The first-order chi connectivity index (χ1) is 19.9. The van der Waals surface area contributed by atoms with Crippen molar-refractivity contribution in [1.82, 2.24) is 15.5 Å². The second-order valence-corrected chi connectivity index (χ2v) is 9.85. The van der Waals surface area contributed by atoms with Crippen molar-refractivity contribution in [1.29, 1.82) is 0 Å². The second kappa shape index (κ2) is 12.2. The smallest absolute Gasteiger partial charge is 0.257 e. The number of aryl methyl sites for hydroxylation is 1. The Morgan fingerprint density at radius 3 is 1.78 bits per heavy atom. The summed E-state index contributed by atoms with van der Waals surface area (Å²) in [5, 5.41) is 16.3. The highest BCUT2D eigenvalue weighted by Gasteiger charge is 2.35. The van der Waals surface area contributed by atoms with Gasteiger partial charge in [0.1, 0.15) is 17.2 Å². The van der Waals surface area contributed by atoms with Crippen LogP contribution in [0.2, 0.25) is 0 Å². The van der Waals surface area contributed by atoms with Gasteiger partial charge >= 0.3 is 0 Å². The van der Waals surface area contributed by atoms with Gasteiger partial charge < -0.3 is 25.2 Å². The third-order valence-corrected chi connectivity index (χ3v) is 7.19. The fourth-order valence-electron chi connectivity index (χ4n) is 5.08. The zero-order chi connectivity index (χ0) is 28.9. The maximum absolute atomic E-state index is 13.6. The summed E-state index contributed by atoms with van der Waals surface area (Å²) in [6.45, 7) is 3.15. The Morgan fingerprint density at radius 1 is 0.732 bits per heavy atom. The van der Waals surface area contributed by atoms with E-state index in [1.54, 1.807) is 24.3 Å². The van der Waals surface area contributed by atoms with E-state index in [4.69, 9.17) is 9.47 Å². The van der Waals surface area contributed by atoms with E-state index in [0.717, 1.165) is 11.1 Å². The fraction of sp³-hybridized carbons (Fsp3) is 0.290. The lowest BCUT2D eigenvalue weighted by Gasteiger charge is -2.24. The van der Waals surface area contributed by atoms with Crippen molar-refractivity contribution < 1.29 is 33.8 Å². The van der Waals surface area contributed by atoms with Crippen LogP contribution in [0.1, 0.15) is 49.9 Å². The molecule has 0 aromatic heterocycles. The Morgan fingerprint density at radius 2 is 1.24 bits per heavy atom. The van der Waals surface area contributed by atoms with Gasteiger partial charge in [0.15, 0.2) is 19.0 Å². The van der Waals surface area contributed by atoms with Crippen LogP contribution in [0.25, 0.3) is 0 Å². The normalized spacial score (nSPS) is 16.5. The van der Waals surface area contributed by atoms with E-state index in [2.05, 4.69) is 10.6 Å². The van der Waals surface area contributed by atoms with Crippen molar-refractivity contribution in [3.63, 3.8) is 0 Å². The van der Waals surface area contributed by atoms with E-state index >= 15 is 0 Å². The number of phenols is 1. The molecule has 2 aliphatic rings. The first kappa shape index (κ1) is 27.9. The van der Waals surface area contributed by atoms with Gasteiger partial charge in [-0.05, 0) is 24.1 Å². The number of benzene rings is 3. The Bertz CT molecular complexity index is 1440. The summed E-state index contributed by atoms with van der Waals surface area (Å²) < 4.78 is 11.5. The molecule has 3 aromatic carbocycles. The van der Waals surface area contributed by atoms with E-state index in [9.17, 15) is 24.3 Å². The lowest BCUT2D eigenvalue weighted by atomic mass is 9.83. The Balaban J connectivity index is 1.40. The first-order valence-corrected chi connectivity index (χ1v) is 13.5. The van der Waals surface area contributed by atoms with Gasteiger partial charge in [0, 0.05) is 49.4 Å². The van der Waals surface area contributed by atoms with Gasteiger partial charge in [-0.1, -0.05) is 49.4 Å². The molecule has 1 aliphatic heterocycles. The van der Waals surface area contributed by atoms with E-state index < -0.39 is 17.6 Å². The van der Waals surface area contributed by atoms with Crippen LogP contribution < -0.4 is 20.1 Å². The lowest BCUT2D eigenvalue weighted by Crippen LogP contribution is -2.41. The molecule has 2 amide bonds. The number of hydrogen-bond acceptors (Lipinski definition) is 8. The molecule has 0 fully saturated rings. The lowest BCUT2D eigenvalue weighted by molar-refractivity contribution is -0.123. The molecule has 1 aliphatic carbocycles. The highest BCUT2D eigenvalue weighted by molar-refractivity contribution is 6.30. The van der Waals surface area contributed by atoms with Gasteiger partial charge in [-0.15, -0.1) is 0 Å². The zero-order valence-corrected chi connectivity index (χ0v) is 22.7. The standard InChI is InChI=1S/C31H31N3O7/c1-2-19-6-3-7-20(29(19)37)16-34-14-12-32-25(35)17-40-23-10-4-8-21-27(23)31(39)28-22(30(21)38)9-5-11-24(28)41-18-26(36)33-13-15-34/h3-11,37H,2,12-18H2,1H3,(H,32,35)(H,33,36). The van der Waals surface area contributed by atoms with E-state index in [1.807, 2.05) is 30.0 Å². The summed E-state index contributed by atoms with van der Waals surface area (Å²) in [5.74, 6) is -1.17. The van der Waals surface area contributed by atoms with Crippen LogP contribution in [0.5, 0.6) is 17.2 Å². The molecule has 212 valence electrons. The molecule has 1 heterocycles. The molecule has 3 aromatic rings. The molecule has 10 heteroatoms. The number of ketones is 2. The van der Waals surface area contributed by atoms with Gasteiger partial charge in [-0.25, -0.2) is 0 Å². The molecule has 3 N–H and O–H groups in total. The van der Waals surface area contributed by atoms with Gasteiger partial charge in [-0.2, -0.15) is 0 Å². The molecule has 0 saturated heterocycles. The number of carbonyl (C=O) groups excluding carboxylic acids is 4. The number of aromatic hydroxyl groups is 1. The van der Waals surface area contributed by atoms with E-state index in [0.29, 0.717) is 26.1 Å². The average molecular weight is 558 g/mol. The van der Waals surface area contributed by atoms with Crippen LogP contribution in [-0.2, 0) is 22.6 Å². The van der Waals surface area contributed by atoms with Crippen molar-refractivity contribution in [2.24, 2.45) is 0 Å². The molecule has 0 spiro atoms. The molecule has 41 heavy (non-hydrogen) atoms. The Kier molecular flexibility index (Phi) is 8.30. The van der Waals surface area contributed by atoms with Crippen molar-refractivity contribution in [3.8, 4) is 17.2 Å². The highest BCUT2D eigenvalue weighted by Crippen LogP contribution is 2.37. The van der Waals surface area contributed by atoms with Crippen LogP contribution >= 0.6 is 0 Å². The van der Waals surface area contributed by atoms with Gasteiger partial charge in [0.2, 0.25) is 5.78 Å². The SMILES string of the molecule is CCc1cccc(CN2CCNC(=O)COc3cccc4c3C(=O)c3c(cccc3C4=O)OCC(=O)NCC2)c1O. The monoisotopic (exact) mass is 557 g/mol. The summed E-state index contributed by atoms with van der Waals surface area (Å²) in [6, 6.07) is 15.0. The number of hydrogen-bond donors (Lipinski definition) is 3. The van der Waals surface area contributed by atoms with Gasteiger partial charge in [0.25, 0.3) is 11.8 Å². The molecule has 5 rings (SSSR count). The number of nitrogens with one attached hydrogen (secondary N) is 2. The quantitative estimate of drug-likeness (QED) is 0.349. The third-order valence-electron chi connectivity index (χ3n) is 7.19. The maximum atomic E-state index is 13.6. The van der Waals surface area contributed by atoms with Crippen LogP contribution in [0, 0.1) is 0 Å². The van der Waals surface area contributed by atoms with E-state index in [1.165, 1.54) is 12.1 Å². The Labute approximate surface area is 237 Å². The summed E-state index contributed by atoms with van der Waals surface area (Å²) in [4.78, 5) is 54.2. The molecular weight excluding hydrogens is 526 g/mol. The summed E-state index contributed by atoms with van der Waals surface area (Å²) in [5.41, 5.74) is 2.07. The van der Waals surface area contributed by atoms with Gasteiger partial charge in [0.05, 0.1) is 11.1 Å². The zero-order valence-electron chi connectivity index (χ0n) is 22.7. The topological polar surface area (TPSA) is 134 Å². The minimum Gasteiger partial charge on any atom is -0.507 e. The summed E-state index contributed by atoms with van der Waals surface area (Å²) in [7, 11) is 0. The number of para-hydroxylation sites is 1. The van der Waals surface area contributed by atoms with Crippen molar-refractivity contribution in [3.05, 3.63) is 88.0 Å². The minimum absolute atomic E-state index is 0.0553. The van der Waals surface area contributed by atoms with Crippen LogP contribution in [0.3, 0.4) is 0 Å². The number of rotatable bonds is 3. The first-order valence-electron chi connectivity index (χ1n) is 13.5. The van der Waals surface area contributed by atoms with Crippen molar-refractivity contribution in [2.45, 2.75) is 19.9 Å². The molecular formula is C31H31N3O7. The minimum atomic E-state index is -0.478. The fourth-order valence-corrected chi connectivity index (χ4v) is 5.08. The third kappa shape index (κ3) is 5.92. The average Bonchev–Trinajstić information content (AvgIpc) is 2.97. The molecule has 0 saturated carbocycles. The number of carbonyl (C=O) groups is 4. The van der Waals surface area contributed by atoms with Gasteiger partial charge in [-0.3, -0.25) is 24.1 Å². The number of nitrogens with zero attached hydrogens (tertiary/aromatic N) is 1. The van der Waals surface area contributed by atoms with Crippen molar-refractivity contribution >= 4 is 23.4 Å². The largest absolute Gasteiger partial charge is 0.507 e. The molecule has 0 unspecified atom stereocenters. The molecule has 10 nitrogen and oxygen atoms in total. The Hall–Kier alpha value is -4.70. The highest BCUT2D eigenvalue weighted by atomic mass is 16.5. The summed E-state index contributed by atoms with van der Waals surface area (Å²) in [6.07, 6.45) is 0.695. The number of phenolic OH excluding ortho intramolecular Hbond substituents is 1. The second-order valence-electron chi connectivity index (χ2n) is 9.85. The predicted octanol–water partition coefficient (Wildman–Crippen LogP) is 2.24. The van der Waals surface area contributed by atoms with Crippen LogP contribution in [-0.4, -0.2) is 72.8 Å². The maximum Gasteiger partial charge on any atom is 0.257 e. The van der Waals surface area contributed by atoms with Crippen LogP contribution in [0.15, 0.2) is 54.6 Å². The number of ether oxygens (including phenoxy) is 2. The molecule has 0 radical (unpaired) electrons. The molecule has 0 atom stereocenters. The predicted molar refractivity (Wildman–Crippen MR) is 150 cm³/mol.